The Kier molecular flexibility index (Phi) is 4.33. The lowest BCUT2D eigenvalue weighted by molar-refractivity contribution is 0.628. The van der Waals surface area contributed by atoms with Gasteiger partial charge in [-0.05, 0) is 44.5 Å². The fraction of sp³-hybridized carbons (Fsp3) is 0.176. The van der Waals surface area contributed by atoms with Crippen molar-refractivity contribution in [1.82, 2.24) is 19.7 Å². The highest BCUT2D eigenvalue weighted by Gasteiger charge is 2.08. The van der Waals surface area contributed by atoms with Crippen LogP contribution in [0.4, 0.5) is 10.2 Å². The number of benzene rings is 1. The summed E-state index contributed by atoms with van der Waals surface area (Å²) in [5, 5.41) is 8.55. The minimum atomic E-state index is -0.277. The number of aryl methyl sites for hydroxylation is 3. The third-order valence-electron chi connectivity index (χ3n) is 3.31. The van der Waals surface area contributed by atoms with Gasteiger partial charge in [0.15, 0.2) is 11.6 Å². The van der Waals surface area contributed by atoms with Crippen molar-refractivity contribution in [1.29, 1.82) is 0 Å². The summed E-state index contributed by atoms with van der Waals surface area (Å²) in [4.78, 5) is 8.71. The molecule has 3 aromatic rings. The molecular weight excluding hydrogens is 307 g/mol. The standard InChI is InChI=1S/C17H17FN6/c1-11-8-12(2)24(23-11)17-9-16(20-13(3)21-17)22-19-10-14-4-6-15(18)7-5-14/h4-10H,1-3H3,(H,20,21,22)/b19-10+. The van der Waals surface area contributed by atoms with Crippen molar-refractivity contribution in [3.05, 3.63) is 65.0 Å². The van der Waals surface area contributed by atoms with Gasteiger partial charge >= 0.3 is 0 Å². The molecule has 7 heteroatoms. The summed E-state index contributed by atoms with van der Waals surface area (Å²) in [6.45, 7) is 5.71. The van der Waals surface area contributed by atoms with Crippen LogP contribution in [0.2, 0.25) is 0 Å². The molecule has 0 amide bonds. The summed E-state index contributed by atoms with van der Waals surface area (Å²) < 4.78 is 14.6. The van der Waals surface area contributed by atoms with E-state index < -0.39 is 0 Å². The first-order valence-corrected chi connectivity index (χ1v) is 7.45. The molecule has 0 bridgehead atoms. The van der Waals surface area contributed by atoms with Crippen LogP contribution in [0.15, 0.2) is 41.5 Å². The number of rotatable bonds is 4. The Labute approximate surface area is 139 Å². The molecule has 0 aliphatic carbocycles. The van der Waals surface area contributed by atoms with Gasteiger partial charge in [0.2, 0.25) is 0 Å². The fourth-order valence-electron chi connectivity index (χ4n) is 2.30. The maximum Gasteiger partial charge on any atom is 0.159 e. The second-order valence-corrected chi connectivity index (χ2v) is 5.42. The maximum atomic E-state index is 12.9. The van der Waals surface area contributed by atoms with E-state index in [1.165, 1.54) is 12.1 Å². The molecular formula is C17H17FN6. The third kappa shape index (κ3) is 3.62. The van der Waals surface area contributed by atoms with Gasteiger partial charge in [-0.3, -0.25) is 5.43 Å². The van der Waals surface area contributed by atoms with Crippen molar-refractivity contribution in [3.63, 3.8) is 0 Å². The molecule has 0 atom stereocenters. The smallest absolute Gasteiger partial charge is 0.159 e. The normalized spacial score (nSPS) is 11.2. The van der Waals surface area contributed by atoms with Crippen LogP contribution in [0.25, 0.3) is 5.82 Å². The van der Waals surface area contributed by atoms with Crippen molar-refractivity contribution < 1.29 is 4.39 Å². The number of nitrogens with one attached hydrogen (secondary N) is 1. The SMILES string of the molecule is Cc1cc(C)n(-c2cc(N/N=C/c3ccc(F)cc3)nc(C)n2)n1. The minimum Gasteiger partial charge on any atom is -0.261 e. The highest BCUT2D eigenvalue weighted by Crippen LogP contribution is 2.14. The zero-order chi connectivity index (χ0) is 17.1. The lowest BCUT2D eigenvalue weighted by atomic mass is 10.2. The van der Waals surface area contributed by atoms with Crippen LogP contribution in [0.1, 0.15) is 22.8 Å². The summed E-state index contributed by atoms with van der Waals surface area (Å²) in [5.74, 6) is 1.57. The van der Waals surface area contributed by atoms with Crippen molar-refractivity contribution in [2.45, 2.75) is 20.8 Å². The van der Waals surface area contributed by atoms with Crippen molar-refractivity contribution >= 4 is 12.0 Å². The average molecular weight is 324 g/mol. The van der Waals surface area contributed by atoms with Gasteiger partial charge in [0.25, 0.3) is 0 Å². The lowest BCUT2D eigenvalue weighted by Crippen LogP contribution is -2.06. The predicted octanol–water partition coefficient (Wildman–Crippen LogP) is 3.17. The van der Waals surface area contributed by atoms with Crippen LogP contribution in [-0.2, 0) is 0 Å². The summed E-state index contributed by atoms with van der Waals surface area (Å²) >= 11 is 0. The molecule has 0 saturated heterocycles. The molecule has 1 aromatic carbocycles. The van der Waals surface area contributed by atoms with Gasteiger partial charge < -0.3 is 0 Å². The van der Waals surface area contributed by atoms with Crippen LogP contribution in [0.5, 0.6) is 0 Å². The molecule has 1 N–H and O–H groups in total. The van der Waals surface area contributed by atoms with E-state index in [0.717, 1.165) is 17.0 Å². The van der Waals surface area contributed by atoms with Crippen LogP contribution >= 0.6 is 0 Å². The van der Waals surface area contributed by atoms with E-state index in [1.807, 2.05) is 26.8 Å². The Morgan fingerprint density at radius 3 is 2.50 bits per heavy atom. The number of anilines is 1. The van der Waals surface area contributed by atoms with E-state index in [4.69, 9.17) is 0 Å². The second kappa shape index (κ2) is 6.57. The van der Waals surface area contributed by atoms with Crippen LogP contribution in [-0.4, -0.2) is 26.0 Å². The molecule has 3 rings (SSSR count). The number of halogens is 1. The number of hydrogen-bond acceptors (Lipinski definition) is 5. The Balaban J connectivity index is 1.81. The van der Waals surface area contributed by atoms with E-state index in [2.05, 4.69) is 25.6 Å². The number of hydrazone groups is 1. The first kappa shape index (κ1) is 15.8. The predicted molar refractivity (Wildman–Crippen MR) is 91.0 cm³/mol. The van der Waals surface area contributed by atoms with Crippen LogP contribution < -0.4 is 5.43 Å². The summed E-state index contributed by atoms with van der Waals surface area (Å²) in [5.41, 5.74) is 5.57. The molecule has 24 heavy (non-hydrogen) atoms. The Hall–Kier alpha value is -3.09. The summed E-state index contributed by atoms with van der Waals surface area (Å²) in [6.07, 6.45) is 1.60. The first-order chi connectivity index (χ1) is 11.5. The monoisotopic (exact) mass is 324 g/mol. The van der Waals surface area contributed by atoms with Crippen molar-refractivity contribution in [3.8, 4) is 5.82 Å². The van der Waals surface area contributed by atoms with Crippen molar-refractivity contribution in [2.75, 3.05) is 5.43 Å². The Bertz CT molecular complexity index is 883. The number of hydrogen-bond donors (Lipinski definition) is 1. The molecule has 0 aliphatic heterocycles. The van der Waals surface area contributed by atoms with Gasteiger partial charge in [0.1, 0.15) is 11.6 Å². The minimum absolute atomic E-state index is 0.277. The second-order valence-electron chi connectivity index (χ2n) is 5.42. The van der Waals surface area contributed by atoms with Gasteiger partial charge in [0.05, 0.1) is 11.9 Å². The maximum absolute atomic E-state index is 12.9. The van der Waals surface area contributed by atoms with Crippen molar-refractivity contribution in [2.24, 2.45) is 5.10 Å². The third-order valence-corrected chi connectivity index (χ3v) is 3.31. The zero-order valence-electron chi connectivity index (χ0n) is 13.7. The summed E-state index contributed by atoms with van der Waals surface area (Å²) in [7, 11) is 0. The largest absolute Gasteiger partial charge is 0.261 e. The van der Waals surface area contributed by atoms with E-state index in [9.17, 15) is 4.39 Å². The van der Waals surface area contributed by atoms with Gasteiger partial charge in [-0.1, -0.05) is 12.1 Å². The number of aromatic nitrogens is 4. The van der Waals surface area contributed by atoms with Gasteiger partial charge in [0, 0.05) is 11.8 Å². The molecule has 2 heterocycles. The fourth-order valence-corrected chi connectivity index (χ4v) is 2.30. The van der Waals surface area contributed by atoms with Crippen LogP contribution in [0, 0.1) is 26.6 Å². The van der Waals surface area contributed by atoms with E-state index in [1.54, 1.807) is 29.1 Å². The highest BCUT2D eigenvalue weighted by molar-refractivity contribution is 5.79. The molecule has 0 unspecified atom stereocenters. The molecule has 0 fully saturated rings. The van der Waals surface area contributed by atoms with E-state index in [-0.39, 0.29) is 5.82 Å². The molecule has 0 saturated carbocycles. The van der Waals surface area contributed by atoms with Gasteiger partial charge in [-0.25, -0.2) is 19.0 Å². The lowest BCUT2D eigenvalue weighted by Gasteiger charge is -2.07. The first-order valence-electron chi connectivity index (χ1n) is 7.45. The molecule has 0 radical (unpaired) electrons. The van der Waals surface area contributed by atoms with E-state index >= 15 is 0 Å². The highest BCUT2D eigenvalue weighted by atomic mass is 19.1. The molecule has 122 valence electrons. The molecule has 0 spiro atoms. The summed E-state index contributed by atoms with van der Waals surface area (Å²) in [6, 6.07) is 9.82. The quantitative estimate of drug-likeness (QED) is 0.591. The average Bonchev–Trinajstić information content (AvgIpc) is 2.87. The van der Waals surface area contributed by atoms with E-state index in [0.29, 0.717) is 17.5 Å². The Morgan fingerprint density at radius 1 is 1.08 bits per heavy atom. The zero-order valence-corrected chi connectivity index (χ0v) is 13.7. The Morgan fingerprint density at radius 2 is 1.83 bits per heavy atom. The van der Waals surface area contributed by atoms with Crippen LogP contribution in [0.3, 0.4) is 0 Å². The van der Waals surface area contributed by atoms with Gasteiger partial charge in [-0.2, -0.15) is 10.2 Å². The van der Waals surface area contributed by atoms with Gasteiger partial charge in [-0.15, -0.1) is 0 Å². The molecule has 2 aromatic heterocycles. The topological polar surface area (TPSA) is 68.0 Å². The molecule has 6 nitrogen and oxygen atoms in total. The number of nitrogens with zero attached hydrogens (tertiary/aromatic N) is 5. The molecule has 0 aliphatic rings.